The minimum absolute atomic E-state index is 0.127. The zero-order chi connectivity index (χ0) is 15.1. The SMILES string of the molecule is CCCNC(C)c1ccc(NC(=O)NC2CCOC2)cc1. The molecule has 1 aliphatic rings. The molecular formula is C16H25N3O2. The number of hydrogen-bond donors (Lipinski definition) is 3. The van der Waals surface area contributed by atoms with Gasteiger partial charge < -0.3 is 20.7 Å². The lowest BCUT2D eigenvalue weighted by Gasteiger charge is -2.15. The van der Waals surface area contributed by atoms with Crippen LogP contribution in [0.5, 0.6) is 0 Å². The van der Waals surface area contributed by atoms with Crippen LogP contribution in [0.4, 0.5) is 10.5 Å². The highest BCUT2D eigenvalue weighted by Gasteiger charge is 2.17. The predicted octanol–water partition coefficient (Wildman–Crippen LogP) is 2.66. The molecule has 2 amide bonds. The van der Waals surface area contributed by atoms with E-state index in [0.29, 0.717) is 12.6 Å². The monoisotopic (exact) mass is 291 g/mol. The summed E-state index contributed by atoms with van der Waals surface area (Å²) in [6, 6.07) is 8.24. The summed E-state index contributed by atoms with van der Waals surface area (Å²) in [6.45, 7) is 6.63. The molecule has 1 saturated heterocycles. The second-order valence-corrected chi connectivity index (χ2v) is 5.46. The highest BCUT2D eigenvalue weighted by Crippen LogP contribution is 2.16. The zero-order valence-electron chi connectivity index (χ0n) is 12.8. The molecule has 0 aromatic heterocycles. The molecule has 0 saturated carbocycles. The number of benzene rings is 1. The molecule has 2 unspecified atom stereocenters. The smallest absolute Gasteiger partial charge is 0.319 e. The highest BCUT2D eigenvalue weighted by molar-refractivity contribution is 5.89. The van der Waals surface area contributed by atoms with Gasteiger partial charge in [0.2, 0.25) is 0 Å². The Balaban J connectivity index is 1.82. The van der Waals surface area contributed by atoms with Gasteiger partial charge in [-0.25, -0.2) is 4.79 Å². The molecule has 2 rings (SSSR count). The summed E-state index contributed by atoms with van der Waals surface area (Å²) >= 11 is 0. The Bertz CT molecular complexity index is 441. The summed E-state index contributed by atoms with van der Waals surface area (Å²) in [5, 5.41) is 9.20. The third-order valence-corrected chi connectivity index (χ3v) is 3.63. The van der Waals surface area contributed by atoms with Gasteiger partial charge in [-0.15, -0.1) is 0 Å². The van der Waals surface area contributed by atoms with Crippen molar-refractivity contribution in [1.29, 1.82) is 0 Å². The highest BCUT2D eigenvalue weighted by atomic mass is 16.5. The molecule has 1 heterocycles. The number of ether oxygens (including phenoxy) is 1. The molecule has 0 bridgehead atoms. The van der Waals surface area contributed by atoms with Crippen molar-refractivity contribution in [3.63, 3.8) is 0 Å². The van der Waals surface area contributed by atoms with E-state index < -0.39 is 0 Å². The Morgan fingerprint density at radius 1 is 1.38 bits per heavy atom. The van der Waals surface area contributed by atoms with Gasteiger partial charge in [-0.3, -0.25) is 0 Å². The van der Waals surface area contributed by atoms with Gasteiger partial charge in [0.15, 0.2) is 0 Å². The third kappa shape index (κ3) is 5.02. The lowest BCUT2D eigenvalue weighted by Crippen LogP contribution is -2.38. The maximum absolute atomic E-state index is 11.8. The van der Waals surface area contributed by atoms with Crippen molar-refractivity contribution in [3.05, 3.63) is 29.8 Å². The van der Waals surface area contributed by atoms with E-state index in [4.69, 9.17) is 4.74 Å². The standard InChI is InChI=1S/C16H25N3O2/c1-3-9-17-12(2)13-4-6-14(7-5-13)18-16(20)19-15-8-10-21-11-15/h4-7,12,15,17H,3,8-11H2,1-2H3,(H2,18,19,20). The number of nitrogens with one attached hydrogen (secondary N) is 3. The maximum Gasteiger partial charge on any atom is 0.319 e. The Hall–Kier alpha value is -1.59. The topological polar surface area (TPSA) is 62.4 Å². The van der Waals surface area contributed by atoms with E-state index in [9.17, 15) is 4.79 Å². The second-order valence-electron chi connectivity index (χ2n) is 5.46. The fourth-order valence-electron chi connectivity index (χ4n) is 2.33. The van der Waals surface area contributed by atoms with Crippen LogP contribution in [0.3, 0.4) is 0 Å². The fraction of sp³-hybridized carbons (Fsp3) is 0.562. The van der Waals surface area contributed by atoms with E-state index in [0.717, 1.165) is 31.7 Å². The van der Waals surface area contributed by atoms with Crippen LogP contribution in [0.25, 0.3) is 0 Å². The first kappa shape index (κ1) is 15.8. The molecule has 2 atom stereocenters. The van der Waals surface area contributed by atoms with Crippen LogP contribution >= 0.6 is 0 Å². The number of hydrogen-bond acceptors (Lipinski definition) is 3. The first-order valence-electron chi connectivity index (χ1n) is 7.67. The predicted molar refractivity (Wildman–Crippen MR) is 84.5 cm³/mol. The molecule has 21 heavy (non-hydrogen) atoms. The van der Waals surface area contributed by atoms with E-state index in [2.05, 4.69) is 29.8 Å². The number of urea groups is 1. The van der Waals surface area contributed by atoms with E-state index in [1.54, 1.807) is 0 Å². The fourth-order valence-corrected chi connectivity index (χ4v) is 2.33. The summed E-state index contributed by atoms with van der Waals surface area (Å²) < 4.78 is 5.23. The molecule has 116 valence electrons. The Labute approximate surface area is 126 Å². The summed E-state index contributed by atoms with van der Waals surface area (Å²) in [7, 11) is 0. The van der Waals surface area contributed by atoms with E-state index >= 15 is 0 Å². The molecular weight excluding hydrogens is 266 g/mol. The van der Waals surface area contributed by atoms with Gasteiger partial charge in [-0.2, -0.15) is 0 Å². The normalized spacial score (nSPS) is 19.2. The number of amides is 2. The number of anilines is 1. The molecule has 1 aromatic carbocycles. The summed E-state index contributed by atoms with van der Waals surface area (Å²) in [5.74, 6) is 0. The van der Waals surface area contributed by atoms with Crippen LogP contribution < -0.4 is 16.0 Å². The minimum atomic E-state index is -0.171. The van der Waals surface area contributed by atoms with Crippen LogP contribution in [0.1, 0.15) is 38.3 Å². The molecule has 3 N–H and O–H groups in total. The molecule has 5 nitrogen and oxygen atoms in total. The number of carbonyl (C=O) groups is 1. The second kappa shape index (κ2) is 8.00. The largest absolute Gasteiger partial charge is 0.379 e. The van der Waals surface area contributed by atoms with Gasteiger partial charge >= 0.3 is 6.03 Å². The Kier molecular flexibility index (Phi) is 6.02. The molecule has 1 aromatic rings. The van der Waals surface area contributed by atoms with E-state index in [1.807, 2.05) is 24.3 Å². The van der Waals surface area contributed by atoms with Gasteiger partial charge in [-0.05, 0) is 44.0 Å². The van der Waals surface area contributed by atoms with E-state index in [-0.39, 0.29) is 12.1 Å². The first-order valence-corrected chi connectivity index (χ1v) is 7.67. The molecule has 1 aliphatic heterocycles. The average Bonchev–Trinajstić information content (AvgIpc) is 2.98. The summed E-state index contributed by atoms with van der Waals surface area (Å²) in [6.07, 6.45) is 2.00. The van der Waals surface area contributed by atoms with Crippen molar-refractivity contribution in [2.75, 3.05) is 25.1 Å². The minimum Gasteiger partial charge on any atom is -0.379 e. The van der Waals surface area contributed by atoms with Crippen molar-refractivity contribution in [1.82, 2.24) is 10.6 Å². The average molecular weight is 291 g/mol. The number of carbonyl (C=O) groups excluding carboxylic acids is 1. The van der Waals surface area contributed by atoms with Gasteiger partial charge in [0.1, 0.15) is 0 Å². The lowest BCUT2D eigenvalue weighted by molar-refractivity contribution is 0.189. The molecule has 1 fully saturated rings. The lowest BCUT2D eigenvalue weighted by atomic mass is 10.1. The zero-order valence-corrected chi connectivity index (χ0v) is 12.8. The van der Waals surface area contributed by atoms with Gasteiger partial charge in [0.05, 0.1) is 12.6 Å². The van der Waals surface area contributed by atoms with Crippen molar-refractivity contribution in [2.24, 2.45) is 0 Å². The molecule has 5 heteroatoms. The first-order chi connectivity index (χ1) is 10.2. The van der Waals surface area contributed by atoms with Crippen molar-refractivity contribution in [2.45, 2.75) is 38.8 Å². The van der Waals surface area contributed by atoms with Gasteiger partial charge in [0, 0.05) is 18.3 Å². The van der Waals surface area contributed by atoms with Crippen LogP contribution in [-0.4, -0.2) is 31.8 Å². The quantitative estimate of drug-likeness (QED) is 0.755. The summed E-state index contributed by atoms with van der Waals surface area (Å²) in [5.41, 5.74) is 2.02. The Morgan fingerprint density at radius 3 is 2.76 bits per heavy atom. The van der Waals surface area contributed by atoms with Crippen molar-refractivity contribution in [3.8, 4) is 0 Å². The van der Waals surface area contributed by atoms with Gasteiger partial charge in [-0.1, -0.05) is 19.1 Å². The Morgan fingerprint density at radius 2 is 2.14 bits per heavy atom. The maximum atomic E-state index is 11.8. The molecule has 0 spiro atoms. The van der Waals surface area contributed by atoms with Crippen molar-refractivity contribution < 1.29 is 9.53 Å². The third-order valence-electron chi connectivity index (χ3n) is 3.63. The van der Waals surface area contributed by atoms with Crippen LogP contribution in [0.15, 0.2) is 24.3 Å². The van der Waals surface area contributed by atoms with Crippen LogP contribution in [-0.2, 0) is 4.74 Å². The summed E-state index contributed by atoms with van der Waals surface area (Å²) in [4.78, 5) is 11.8. The molecule has 0 aliphatic carbocycles. The van der Waals surface area contributed by atoms with Crippen molar-refractivity contribution >= 4 is 11.7 Å². The van der Waals surface area contributed by atoms with E-state index in [1.165, 1.54) is 5.56 Å². The molecule has 0 radical (unpaired) electrons. The number of rotatable bonds is 6. The van der Waals surface area contributed by atoms with Crippen LogP contribution in [0, 0.1) is 0 Å². The van der Waals surface area contributed by atoms with Crippen LogP contribution in [0.2, 0.25) is 0 Å². The van der Waals surface area contributed by atoms with Gasteiger partial charge in [0.25, 0.3) is 0 Å².